The van der Waals surface area contributed by atoms with Crippen molar-refractivity contribution in [1.29, 1.82) is 0 Å². The van der Waals surface area contributed by atoms with Gasteiger partial charge in [0.15, 0.2) is 11.4 Å². The van der Waals surface area contributed by atoms with Gasteiger partial charge in [-0.3, -0.25) is 0 Å². The summed E-state index contributed by atoms with van der Waals surface area (Å²) >= 11 is 0. The van der Waals surface area contributed by atoms with Crippen molar-refractivity contribution in [2.75, 3.05) is 0 Å². The third-order valence-corrected chi connectivity index (χ3v) is 3.54. The number of aromatic nitrogens is 2. The molecular formula is C16H19N3O5. The fraction of sp³-hybridized carbons (Fsp3) is 0.312. The van der Waals surface area contributed by atoms with E-state index in [4.69, 9.17) is 24.4 Å². The van der Waals surface area contributed by atoms with Crippen LogP contribution in [0.5, 0.6) is 0 Å². The molecule has 2 aromatic heterocycles. The number of carbonyl (C=O) groups is 1. The van der Waals surface area contributed by atoms with Crippen LogP contribution in [0.3, 0.4) is 0 Å². The van der Waals surface area contributed by atoms with Crippen LogP contribution in [0.15, 0.2) is 40.0 Å². The van der Waals surface area contributed by atoms with Gasteiger partial charge in [0.1, 0.15) is 24.5 Å². The van der Waals surface area contributed by atoms with Crippen LogP contribution in [-0.4, -0.2) is 21.0 Å². The fourth-order valence-corrected chi connectivity index (χ4v) is 1.66. The predicted molar refractivity (Wildman–Crippen MR) is 85.4 cm³/mol. The maximum Gasteiger partial charge on any atom is 0.357 e. The van der Waals surface area contributed by atoms with Crippen molar-refractivity contribution >= 4 is 11.7 Å². The topological polar surface area (TPSA) is 125 Å². The van der Waals surface area contributed by atoms with Gasteiger partial charge in [0.2, 0.25) is 11.8 Å². The predicted octanol–water partition coefficient (Wildman–Crippen LogP) is 3.11. The summed E-state index contributed by atoms with van der Waals surface area (Å²) in [6.45, 7) is 9.99. The number of ether oxygens (including phenoxy) is 1. The Morgan fingerprint density at radius 2 is 2.04 bits per heavy atom. The molecule has 0 fully saturated rings. The first-order valence-electron chi connectivity index (χ1n) is 7.25. The number of rotatable bonds is 7. The van der Waals surface area contributed by atoms with E-state index < -0.39 is 5.97 Å². The van der Waals surface area contributed by atoms with Crippen LogP contribution in [0.2, 0.25) is 0 Å². The molecule has 0 spiro atoms. The van der Waals surface area contributed by atoms with Crippen molar-refractivity contribution in [3.8, 4) is 11.6 Å². The van der Waals surface area contributed by atoms with Crippen molar-refractivity contribution in [3.05, 3.63) is 42.7 Å². The molecule has 0 aliphatic rings. The summed E-state index contributed by atoms with van der Waals surface area (Å²) in [7, 11) is 0. The molecular weight excluding hydrogens is 314 g/mol. The van der Waals surface area contributed by atoms with Crippen LogP contribution in [0, 0.1) is 11.8 Å². The Morgan fingerprint density at radius 3 is 2.62 bits per heavy atom. The van der Waals surface area contributed by atoms with E-state index >= 15 is 0 Å². The largest absolute Gasteiger partial charge is 0.476 e. The summed E-state index contributed by atoms with van der Waals surface area (Å²) in [5.74, 6) is 0.0572. The summed E-state index contributed by atoms with van der Waals surface area (Å²) < 4.78 is 15.7. The molecule has 0 saturated heterocycles. The van der Waals surface area contributed by atoms with Gasteiger partial charge in [-0.25, -0.2) is 14.8 Å². The highest BCUT2D eigenvalue weighted by Gasteiger charge is 2.17. The van der Waals surface area contributed by atoms with Crippen LogP contribution in [0.25, 0.3) is 17.3 Å². The van der Waals surface area contributed by atoms with E-state index in [1.165, 1.54) is 12.5 Å². The second-order valence-corrected chi connectivity index (χ2v) is 5.57. The number of hydrogen-bond donors (Lipinski definition) is 2. The fourth-order valence-electron chi connectivity index (χ4n) is 1.66. The van der Waals surface area contributed by atoms with E-state index in [0.717, 1.165) is 6.26 Å². The van der Waals surface area contributed by atoms with Crippen molar-refractivity contribution < 1.29 is 23.5 Å². The van der Waals surface area contributed by atoms with Gasteiger partial charge in [0.25, 0.3) is 0 Å². The maximum absolute atomic E-state index is 10.8. The average Bonchev–Trinajstić information content (AvgIpc) is 3.19. The van der Waals surface area contributed by atoms with E-state index in [-0.39, 0.29) is 34.8 Å². The van der Waals surface area contributed by atoms with Crippen molar-refractivity contribution in [1.82, 2.24) is 9.97 Å². The SMILES string of the molecule is C=C(O/C=C(\N)c1nc(-c2nc(C(=O)O)co2)co1)C(C)C(C)C. The number of hydrogen-bond acceptors (Lipinski definition) is 7. The lowest BCUT2D eigenvalue weighted by Crippen LogP contribution is -2.08. The zero-order valence-electron chi connectivity index (χ0n) is 13.6. The van der Waals surface area contributed by atoms with Gasteiger partial charge in [0, 0.05) is 5.92 Å². The molecule has 2 rings (SSSR count). The van der Waals surface area contributed by atoms with Gasteiger partial charge in [0.05, 0.1) is 5.76 Å². The molecule has 24 heavy (non-hydrogen) atoms. The minimum atomic E-state index is -1.20. The zero-order valence-corrected chi connectivity index (χ0v) is 13.6. The lowest BCUT2D eigenvalue weighted by Gasteiger charge is -2.17. The maximum atomic E-state index is 10.8. The van der Waals surface area contributed by atoms with E-state index in [1.807, 2.05) is 6.92 Å². The number of nitrogens with two attached hydrogens (primary N) is 1. The average molecular weight is 333 g/mol. The van der Waals surface area contributed by atoms with E-state index in [0.29, 0.717) is 11.7 Å². The van der Waals surface area contributed by atoms with Crippen LogP contribution in [0.4, 0.5) is 0 Å². The monoisotopic (exact) mass is 333 g/mol. The zero-order chi connectivity index (χ0) is 17.9. The molecule has 0 aliphatic heterocycles. The highest BCUT2D eigenvalue weighted by atomic mass is 16.5. The van der Waals surface area contributed by atoms with Gasteiger partial charge < -0.3 is 24.4 Å². The summed E-state index contributed by atoms with van der Waals surface area (Å²) in [6, 6.07) is 0. The molecule has 1 atom stereocenters. The quantitative estimate of drug-likeness (QED) is 0.740. The molecule has 3 N–H and O–H groups in total. The minimum absolute atomic E-state index is 0.0222. The van der Waals surface area contributed by atoms with Gasteiger partial charge in [-0.2, -0.15) is 0 Å². The molecule has 1 unspecified atom stereocenters. The molecule has 0 saturated carbocycles. The molecule has 8 heteroatoms. The molecule has 8 nitrogen and oxygen atoms in total. The second-order valence-electron chi connectivity index (χ2n) is 5.57. The summed E-state index contributed by atoms with van der Waals surface area (Å²) in [5, 5.41) is 8.82. The Kier molecular flexibility index (Phi) is 5.08. The molecule has 2 heterocycles. The first-order valence-corrected chi connectivity index (χ1v) is 7.25. The molecule has 2 aromatic rings. The Morgan fingerprint density at radius 1 is 1.33 bits per heavy atom. The Bertz CT molecular complexity index is 772. The smallest absolute Gasteiger partial charge is 0.357 e. The van der Waals surface area contributed by atoms with Crippen LogP contribution in [-0.2, 0) is 4.74 Å². The Labute approximate surface area is 138 Å². The summed E-state index contributed by atoms with van der Waals surface area (Å²) in [5.41, 5.74) is 6.02. The third-order valence-electron chi connectivity index (χ3n) is 3.54. The number of allylic oxidation sites excluding steroid dienone is 1. The number of nitrogens with zero attached hydrogens (tertiary/aromatic N) is 2. The van der Waals surface area contributed by atoms with Crippen LogP contribution in [0.1, 0.15) is 37.2 Å². The number of oxazole rings is 2. The Hall–Kier alpha value is -3.03. The van der Waals surface area contributed by atoms with Gasteiger partial charge in [-0.15, -0.1) is 0 Å². The van der Waals surface area contributed by atoms with Crippen molar-refractivity contribution in [3.63, 3.8) is 0 Å². The highest BCUT2D eigenvalue weighted by molar-refractivity contribution is 5.85. The number of aromatic carboxylic acids is 1. The van der Waals surface area contributed by atoms with Gasteiger partial charge in [-0.05, 0) is 5.92 Å². The number of carboxylic acid groups (broad SMARTS) is 1. The first-order chi connectivity index (χ1) is 11.3. The lowest BCUT2D eigenvalue weighted by atomic mass is 9.97. The van der Waals surface area contributed by atoms with E-state index in [1.54, 1.807) is 0 Å². The molecule has 0 bridgehead atoms. The molecule has 0 aliphatic carbocycles. The first kappa shape index (κ1) is 17.3. The van der Waals surface area contributed by atoms with Crippen molar-refractivity contribution in [2.24, 2.45) is 17.6 Å². The standard InChI is InChI=1S/C16H19N3O5/c1-8(2)9(3)10(4)22-5-11(17)14-18-12(6-23-14)15-19-13(7-24-15)16(20)21/h5-9H,4,17H2,1-3H3,(H,20,21)/b11-5-. The van der Waals surface area contributed by atoms with Crippen LogP contribution < -0.4 is 5.73 Å². The number of carboxylic acids is 1. The van der Waals surface area contributed by atoms with Gasteiger partial charge >= 0.3 is 5.97 Å². The molecule has 128 valence electrons. The lowest BCUT2D eigenvalue weighted by molar-refractivity contribution is 0.0690. The van der Waals surface area contributed by atoms with Crippen molar-refractivity contribution in [2.45, 2.75) is 20.8 Å². The molecule has 0 amide bonds. The van der Waals surface area contributed by atoms with E-state index in [9.17, 15) is 4.79 Å². The highest BCUT2D eigenvalue weighted by Crippen LogP contribution is 2.22. The summed E-state index contributed by atoms with van der Waals surface area (Å²) in [6.07, 6.45) is 3.58. The molecule has 0 radical (unpaired) electrons. The normalized spacial score (nSPS) is 13.1. The minimum Gasteiger partial charge on any atom is -0.476 e. The van der Waals surface area contributed by atoms with E-state index in [2.05, 4.69) is 30.4 Å². The van der Waals surface area contributed by atoms with Crippen LogP contribution >= 0.6 is 0 Å². The Balaban J connectivity index is 2.10. The third kappa shape index (κ3) is 3.83. The summed E-state index contributed by atoms with van der Waals surface area (Å²) in [4.78, 5) is 18.7. The molecule has 0 aromatic carbocycles. The van der Waals surface area contributed by atoms with Gasteiger partial charge in [-0.1, -0.05) is 27.4 Å². The second kappa shape index (κ2) is 7.03.